The second-order valence-corrected chi connectivity index (χ2v) is 5.75. The van der Waals surface area contributed by atoms with Gasteiger partial charge in [-0.25, -0.2) is 8.42 Å². The molecule has 0 amide bonds. The van der Waals surface area contributed by atoms with Gasteiger partial charge in [-0.15, -0.1) is 0 Å². The minimum Gasteiger partial charge on any atom is -0.497 e. The molecule has 0 saturated carbocycles. The van der Waals surface area contributed by atoms with E-state index in [0.29, 0.717) is 11.5 Å². The molecule has 0 spiro atoms. The van der Waals surface area contributed by atoms with E-state index in [1.54, 1.807) is 0 Å². The first-order chi connectivity index (χ1) is 8.81. The summed E-state index contributed by atoms with van der Waals surface area (Å²) in [5.41, 5.74) is 0. The quantitative estimate of drug-likeness (QED) is 0.815. The van der Waals surface area contributed by atoms with E-state index in [9.17, 15) is 13.2 Å². The first-order valence-corrected chi connectivity index (χ1v) is 6.66. The molecule has 0 unspecified atom stereocenters. The van der Waals surface area contributed by atoms with E-state index in [1.165, 1.54) is 39.5 Å². The zero-order chi connectivity index (χ0) is 14.6. The van der Waals surface area contributed by atoms with Crippen molar-refractivity contribution in [2.45, 2.75) is 4.90 Å². The molecule has 1 rings (SSSR count). The maximum absolute atomic E-state index is 12.2. The fraction of sp³-hybridized carbons (Fsp3) is 0.364. The number of sulfonamides is 1. The Morgan fingerprint density at radius 1 is 1.21 bits per heavy atom. The Morgan fingerprint density at radius 3 is 2.05 bits per heavy atom. The average molecular weight is 289 g/mol. The van der Waals surface area contributed by atoms with Crippen molar-refractivity contribution in [2.24, 2.45) is 0 Å². The lowest BCUT2D eigenvalue weighted by molar-refractivity contribution is -0.137. The molecular formula is C11H15NO6S. The van der Waals surface area contributed by atoms with Crippen molar-refractivity contribution >= 4 is 16.0 Å². The van der Waals surface area contributed by atoms with Crippen LogP contribution in [0.4, 0.5) is 0 Å². The van der Waals surface area contributed by atoms with Gasteiger partial charge in [0, 0.05) is 25.2 Å². The van der Waals surface area contributed by atoms with Crippen molar-refractivity contribution in [1.29, 1.82) is 0 Å². The number of ether oxygens (including phenoxy) is 2. The zero-order valence-electron chi connectivity index (χ0n) is 10.8. The molecule has 1 N–H and O–H groups in total. The van der Waals surface area contributed by atoms with Gasteiger partial charge in [-0.2, -0.15) is 4.31 Å². The number of likely N-dealkylation sites (N-methyl/N-ethyl adjacent to an activating group) is 1. The van der Waals surface area contributed by atoms with Crippen molar-refractivity contribution in [3.8, 4) is 11.5 Å². The third-order valence-corrected chi connectivity index (χ3v) is 4.17. The number of hydrogen-bond acceptors (Lipinski definition) is 5. The van der Waals surface area contributed by atoms with Crippen LogP contribution in [0.1, 0.15) is 0 Å². The monoisotopic (exact) mass is 289 g/mol. The van der Waals surface area contributed by atoms with E-state index < -0.39 is 22.5 Å². The molecule has 1 aromatic rings. The molecule has 19 heavy (non-hydrogen) atoms. The van der Waals surface area contributed by atoms with E-state index in [1.807, 2.05) is 0 Å². The summed E-state index contributed by atoms with van der Waals surface area (Å²) in [5, 5.41) is 8.64. The van der Waals surface area contributed by atoms with Crippen LogP contribution in [0.25, 0.3) is 0 Å². The third kappa shape index (κ3) is 3.58. The number of aliphatic carboxylic acids is 1. The molecule has 0 fully saturated rings. The number of carbonyl (C=O) groups is 1. The summed E-state index contributed by atoms with van der Waals surface area (Å²) in [6.07, 6.45) is 0. The van der Waals surface area contributed by atoms with Gasteiger partial charge in [0.05, 0.1) is 19.1 Å². The molecule has 8 heteroatoms. The SMILES string of the molecule is COc1cc(OC)cc(S(=O)(=O)N(C)CC(=O)O)c1. The summed E-state index contributed by atoms with van der Waals surface area (Å²) < 4.78 is 35.0. The van der Waals surface area contributed by atoms with Crippen LogP contribution in [0.5, 0.6) is 11.5 Å². The van der Waals surface area contributed by atoms with Crippen LogP contribution < -0.4 is 9.47 Å². The molecule has 0 saturated heterocycles. The van der Waals surface area contributed by atoms with E-state index in [0.717, 1.165) is 4.31 Å². The number of methoxy groups -OCH3 is 2. The van der Waals surface area contributed by atoms with Gasteiger partial charge in [0.1, 0.15) is 18.0 Å². The van der Waals surface area contributed by atoms with Crippen LogP contribution in [0.2, 0.25) is 0 Å². The van der Waals surface area contributed by atoms with Gasteiger partial charge in [-0.05, 0) is 0 Å². The normalized spacial score (nSPS) is 11.4. The van der Waals surface area contributed by atoms with Gasteiger partial charge < -0.3 is 14.6 Å². The Kier molecular flexibility index (Phi) is 4.73. The topological polar surface area (TPSA) is 93.1 Å². The Balaban J connectivity index is 3.23. The Labute approximate surface area is 111 Å². The highest BCUT2D eigenvalue weighted by Crippen LogP contribution is 2.26. The number of benzene rings is 1. The Morgan fingerprint density at radius 2 is 1.68 bits per heavy atom. The lowest BCUT2D eigenvalue weighted by Crippen LogP contribution is -2.32. The molecule has 0 radical (unpaired) electrons. The highest BCUT2D eigenvalue weighted by molar-refractivity contribution is 7.89. The molecule has 0 aliphatic heterocycles. The van der Waals surface area contributed by atoms with Gasteiger partial charge in [0.25, 0.3) is 0 Å². The summed E-state index contributed by atoms with van der Waals surface area (Å²) in [6.45, 7) is -0.623. The number of carboxylic acids is 1. The van der Waals surface area contributed by atoms with Crippen LogP contribution >= 0.6 is 0 Å². The molecule has 0 aliphatic carbocycles. The van der Waals surface area contributed by atoms with Crippen molar-refractivity contribution in [3.05, 3.63) is 18.2 Å². The molecule has 1 aromatic carbocycles. The van der Waals surface area contributed by atoms with E-state index in [2.05, 4.69) is 0 Å². The lowest BCUT2D eigenvalue weighted by atomic mass is 10.3. The summed E-state index contributed by atoms with van der Waals surface area (Å²) in [7, 11) is 0.0731. The molecule has 7 nitrogen and oxygen atoms in total. The number of rotatable bonds is 6. The molecule has 0 aliphatic rings. The van der Waals surface area contributed by atoms with Gasteiger partial charge in [0.2, 0.25) is 10.0 Å². The van der Waals surface area contributed by atoms with Crippen LogP contribution in [-0.4, -0.2) is 51.6 Å². The first-order valence-electron chi connectivity index (χ1n) is 5.22. The number of hydrogen-bond donors (Lipinski definition) is 1. The molecule has 0 bridgehead atoms. The van der Waals surface area contributed by atoms with Gasteiger partial charge in [0.15, 0.2) is 0 Å². The molecule has 0 heterocycles. The summed E-state index contributed by atoms with van der Waals surface area (Å²) in [4.78, 5) is 10.5. The van der Waals surface area contributed by atoms with E-state index >= 15 is 0 Å². The first kappa shape index (κ1) is 15.3. The highest BCUT2D eigenvalue weighted by atomic mass is 32.2. The van der Waals surface area contributed by atoms with Crippen molar-refractivity contribution < 1.29 is 27.8 Å². The average Bonchev–Trinajstić information content (AvgIpc) is 2.37. The predicted molar refractivity (Wildman–Crippen MR) is 67.0 cm³/mol. The minimum absolute atomic E-state index is 0.0903. The largest absolute Gasteiger partial charge is 0.497 e. The maximum Gasteiger partial charge on any atom is 0.318 e. The summed E-state index contributed by atoms with van der Waals surface area (Å²) in [5.74, 6) is -0.621. The van der Waals surface area contributed by atoms with Crippen molar-refractivity contribution in [1.82, 2.24) is 4.31 Å². The van der Waals surface area contributed by atoms with Crippen LogP contribution in [0.3, 0.4) is 0 Å². The number of nitrogens with zero attached hydrogens (tertiary/aromatic N) is 1. The molecule has 0 aromatic heterocycles. The predicted octanol–water partition coefficient (Wildman–Crippen LogP) is 0.409. The standard InChI is InChI=1S/C11H15NO6S/c1-12(7-11(13)14)19(15,16)10-5-8(17-2)4-9(6-10)18-3/h4-6H,7H2,1-3H3,(H,13,14). The van der Waals surface area contributed by atoms with E-state index in [-0.39, 0.29) is 4.90 Å². The maximum atomic E-state index is 12.2. The smallest absolute Gasteiger partial charge is 0.318 e. The van der Waals surface area contributed by atoms with Crippen molar-refractivity contribution in [3.63, 3.8) is 0 Å². The van der Waals surface area contributed by atoms with Gasteiger partial charge >= 0.3 is 5.97 Å². The highest BCUT2D eigenvalue weighted by Gasteiger charge is 2.24. The minimum atomic E-state index is -3.91. The van der Waals surface area contributed by atoms with Crippen molar-refractivity contribution in [2.75, 3.05) is 27.8 Å². The number of carboxylic acid groups (broad SMARTS) is 1. The van der Waals surface area contributed by atoms with Crippen LogP contribution in [-0.2, 0) is 14.8 Å². The van der Waals surface area contributed by atoms with Crippen LogP contribution in [0.15, 0.2) is 23.1 Å². The third-order valence-electron chi connectivity index (χ3n) is 2.39. The molecular weight excluding hydrogens is 274 g/mol. The zero-order valence-corrected chi connectivity index (χ0v) is 11.6. The Hall–Kier alpha value is -1.80. The fourth-order valence-corrected chi connectivity index (χ4v) is 2.56. The Bertz CT molecular complexity index is 546. The lowest BCUT2D eigenvalue weighted by Gasteiger charge is -2.16. The summed E-state index contributed by atoms with van der Waals surface area (Å²) >= 11 is 0. The molecule has 106 valence electrons. The second kappa shape index (κ2) is 5.89. The fourth-order valence-electron chi connectivity index (χ4n) is 1.39. The van der Waals surface area contributed by atoms with Crippen LogP contribution in [0, 0.1) is 0 Å². The van der Waals surface area contributed by atoms with Gasteiger partial charge in [-0.1, -0.05) is 0 Å². The van der Waals surface area contributed by atoms with E-state index in [4.69, 9.17) is 14.6 Å². The second-order valence-electron chi connectivity index (χ2n) is 3.70. The molecule has 0 atom stereocenters. The summed E-state index contributed by atoms with van der Waals surface area (Å²) in [6, 6.07) is 4.13. The van der Waals surface area contributed by atoms with Gasteiger partial charge in [-0.3, -0.25) is 4.79 Å².